The molecule has 0 aromatic heterocycles. The molecule has 1 amide bonds. The van der Waals surface area contributed by atoms with E-state index in [0.29, 0.717) is 4.43 Å². The predicted molar refractivity (Wildman–Crippen MR) is 29.2 cm³/mol. The van der Waals surface area contributed by atoms with Crippen LogP contribution in [0.15, 0.2) is 0 Å². The van der Waals surface area contributed by atoms with Gasteiger partial charge in [0.05, 0.1) is 4.43 Å². The van der Waals surface area contributed by atoms with Crippen LogP contribution in [0.5, 0.6) is 0 Å². The monoisotopic (exact) mass is 209 g/mol. The molecule has 0 aliphatic heterocycles. The van der Waals surface area contributed by atoms with Crippen LogP contribution in [0.4, 0.5) is 0 Å². The van der Waals surface area contributed by atoms with Gasteiger partial charge in [0, 0.05) is 0 Å². The van der Waals surface area contributed by atoms with Crippen LogP contribution in [0.25, 0.3) is 0 Å². The molecule has 0 aromatic rings. The van der Waals surface area contributed by atoms with E-state index in [2.05, 4.69) is 5.73 Å². The van der Waals surface area contributed by atoms with Crippen molar-refractivity contribution in [3.63, 3.8) is 0 Å². The van der Waals surface area contributed by atoms with Gasteiger partial charge in [-0.15, -0.1) is 0 Å². The molecule has 0 unspecified atom stereocenters. The number of halogens is 1. The van der Waals surface area contributed by atoms with Crippen molar-refractivity contribution in [3.8, 4) is 0 Å². The average Bonchev–Trinajstić information content (AvgIpc) is 1.38. The summed E-state index contributed by atoms with van der Waals surface area (Å²) in [6, 6.07) is 0. The number of hydrogen-bond acceptors (Lipinski definition) is 1. The summed E-state index contributed by atoms with van der Waals surface area (Å²) in [5.41, 5.74) is 4.65. The fourth-order valence-corrected chi connectivity index (χ4v) is 0. The second-order valence-electron chi connectivity index (χ2n) is 0.600. The molecule has 0 spiro atoms. The molecule has 0 aliphatic rings. The first-order chi connectivity index (χ1) is 2.27. The molecule has 0 saturated carbocycles. The maximum atomic E-state index is 9.58. The fraction of sp³-hybridized carbons (Fsp3) is 0.500. The van der Waals surface area contributed by atoms with Gasteiger partial charge in [-0.1, -0.05) is 22.6 Å². The Balaban J connectivity index is -0.0000000800. The van der Waals surface area contributed by atoms with Crippen molar-refractivity contribution in [1.29, 1.82) is 0 Å². The molecular formula is C2H5INNaO. The Hall–Kier alpha value is 1.20. The van der Waals surface area contributed by atoms with E-state index in [1.54, 1.807) is 0 Å². The van der Waals surface area contributed by atoms with Crippen LogP contribution in [-0.2, 0) is 4.79 Å². The van der Waals surface area contributed by atoms with Gasteiger partial charge in [-0.05, 0) is 0 Å². The number of rotatable bonds is 1. The van der Waals surface area contributed by atoms with Gasteiger partial charge in [0.25, 0.3) is 0 Å². The molecule has 0 radical (unpaired) electrons. The Morgan fingerprint density at radius 3 is 2.17 bits per heavy atom. The molecule has 0 saturated heterocycles. The van der Waals surface area contributed by atoms with Gasteiger partial charge in [0.2, 0.25) is 5.91 Å². The van der Waals surface area contributed by atoms with Gasteiger partial charge < -0.3 is 7.16 Å². The Bertz CT molecular complexity index is 53.0. The van der Waals surface area contributed by atoms with Crippen molar-refractivity contribution in [1.82, 2.24) is 0 Å². The van der Waals surface area contributed by atoms with Crippen LogP contribution >= 0.6 is 22.6 Å². The molecule has 0 rings (SSSR count). The minimum Gasteiger partial charge on any atom is -1.00 e. The molecule has 6 heavy (non-hydrogen) atoms. The van der Waals surface area contributed by atoms with Gasteiger partial charge in [-0.3, -0.25) is 4.79 Å². The van der Waals surface area contributed by atoms with Crippen LogP contribution in [0.1, 0.15) is 1.43 Å². The summed E-state index contributed by atoms with van der Waals surface area (Å²) in [6.45, 7) is 0. The maximum Gasteiger partial charge on any atom is 1.00 e. The number of carbonyl (C=O) groups excluding carboxylic acids is 1. The maximum absolute atomic E-state index is 9.58. The van der Waals surface area contributed by atoms with E-state index >= 15 is 0 Å². The van der Waals surface area contributed by atoms with Crippen molar-refractivity contribution >= 4 is 28.5 Å². The van der Waals surface area contributed by atoms with Crippen molar-refractivity contribution < 1.29 is 35.8 Å². The van der Waals surface area contributed by atoms with E-state index in [9.17, 15) is 4.79 Å². The number of amides is 1. The molecule has 0 bridgehead atoms. The predicted octanol–water partition coefficient (Wildman–Crippen LogP) is -2.98. The van der Waals surface area contributed by atoms with Gasteiger partial charge >= 0.3 is 29.6 Å². The molecule has 0 aliphatic carbocycles. The first-order valence-corrected chi connectivity index (χ1v) is 2.64. The minimum absolute atomic E-state index is 0. The summed E-state index contributed by atoms with van der Waals surface area (Å²) in [7, 11) is 0. The number of primary amides is 1. The zero-order valence-corrected chi connectivity index (χ0v) is 7.73. The Kier molecular flexibility index (Phi) is 10.6. The number of nitrogens with two attached hydrogens (primary N) is 1. The number of alkyl halides is 1. The molecule has 2 nitrogen and oxygen atoms in total. The minimum atomic E-state index is -0.259. The third-order valence-corrected chi connectivity index (χ3v) is 0.884. The summed E-state index contributed by atoms with van der Waals surface area (Å²) < 4.78 is 0.414. The standard InChI is InChI=1S/C2H4INO.Na.H/c3-1-2(4)5;;/h1H2,(H2,4,5);;/q;+1;-1. The van der Waals surface area contributed by atoms with E-state index in [0.717, 1.165) is 0 Å². The summed E-state index contributed by atoms with van der Waals surface area (Å²) >= 11 is 1.90. The molecule has 0 atom stereocenters. The molecular weight excluding hydrogens is 204 g/mol. The van der Waals surface area contributed by atoms with E-state index in [1.807, 2.05) is 22.6 Å². The topological polar surface area (TPSA) is 43.1 Å². The molecule has 0 aromatic carbocycles. The smallest absolute Gasteiger partial charge is 1.00 e. The largest absolute Gasteiger partial charge is 1.00 e. The van der Waals surface area contributed by atoms with Crippen molar-refractivity contribution in [3.05, 3.63) is 0 Å². The quantitative estimate of drug-likeness (QED) is 0.279. The van der Waals surface area contributed by atoms with E-state index in [4.69, 9.17) is 0 Å². The summed E-state index contributed by atoms with van der Waals surface area (Å²) in [6.07, 6.45) is 0. The van der Waals surface area contributed by atoms with E-state index < -0.39 is 0 Å². The summed E-state index contributed by atoms with van der Waals surface area (Å²) in [5, 5.41) is 0. The van der Waals surface area contributed by atoms with Crippen LogP contribution < -0.4 is 35.3 Å². The number of carbonyl (C=O) groups is 1. The fourth-order valence-electron chi connectivity index (χ4n) is 0. The van der Waals surface area contributed by atoms with Crippen LogP contribution in [0.2, 0.25) is 0 Å². The molecule has 0 heterocycles. The second-order valence-corrected chi connectivity index (χ2v) is 1.36. The SMILES string of the molecule is NC(=O)CI.[H-].[Na+]. The van der Waals surface area contributed by atoms with E-state index in [-0.39, 0.29) is 36.9 Å². The zero-order valence-electron chi connectivity index (χ0n) is 4.57. The Morgan fingerprint density at radius 1 is 2.00 bits per heavy atom. The van der Waals surface area contributed by atoms with Crippen LogP contribution in [-0.4, -0.2) is 10.3 Å². The van der Waals surface area contributed by atoms with Crippen LogP contribution in [0.3, 0.4) is 0 Å². The van der Waals surface area contributed by atoms with Crippen molar-refractivity contribution in [2.24, 2.45) is 5.73 Å². The summed E-state index contributed by atoms with van der Waals surface area (Å²) in [5.74, 6) is -0.259. The normalized spacial score (nSPS) is 6.17. The Morgan fingerprint density at radius 2 is 2.17 bits per heavy atom. The first kappa shape index (κ1) is 10.2. The van der Waals surface area contributed by atoms with Gasteiger partial charge in [0.1, 0.15) is 0 Å². The molecule has 32 valence electrons. The third kappa shape index (κ3) is 8.96. The average molecular weight is 209 g/mol. The first-order valence-electron chi connectivity index (χ1n) is 1.11. The Labute approximate surface area is 73.8 Å². The summed E-state index contributed by atoms with van der Waals surface area (Å²) in [4.78, 5) is 9.58. The zero-order chi connectivity index (χ0) is 4.28. The van der Waals surface area contributed by atoms with Gasteiger partial charge in [-0.25, -0.2) is 0 Å². The van der Waals surface area contributed by atoms with Crippen molar-refractivity contribution in [2.45, 2.75) is 0 Å². The van der Waals surface area contributed by atoms with Crippen molar-refractivity contribution in [2.75, 3.05) is 4.43 Å². The van der Waals surface area contributed by atoms with Gasteiger partial charge in [-0.2, -0.15) is 0 Å². The third-order valence-electron chi connectivity index (χ3n) is 0.132. The molecule has 2 N–H and O–H groups in total. The van der Waals surface area contributed by atoms with E-state index in [1.165, 1.54) is 0 Å². The van der Waals surface area contributed by atoms with Crippen LogP contribution in [0, 0.1) is 0 Å². The number of hydrogen-bond donors (Lipinski definition) is 1. The second kappa shape index (κ2) is 6.20. The molecule has 0 fully saturated rings. The van der Waals surface area contributed by atoms with Gasteiger partial charge in [0.15, 0.2) is 0 Å². The molecule has 4 heteroatoms.